The van der Waals surface area contributed by atoms with Gasteiger partial charge in [-0.2, -0.15) is 0 Å². The van der Waals surface area contributed by atoms with Crippen molar-refractivity contribution in [2.24, 2.45) is 0 Å². The third-order valence-electron chi connectivity index (χ3n) is 6.26. The number of aromatic nitrogens is 2. The summed E-state index contributed by atoms with van der Waals surface area (Å²) in [7, 11) is 0. The van der Waals surface area contributed by atoms with Crippen molar-refractivity contribution in [2.75, 3.05) is 82.1 Å². The number of piperazine rings is 2. The van der Waals surface area contributed by atoms with Gasteiger partial charge in [-0.25, -0.2) is 0 Å². The summed E-state index contributed by atoms with van der Waals surface area (Å²) in [5, 5.41) is 18.0. The lowest BCUT2D eigenvalue weighted by Crippen LogP contribution is -2.49. The zero-order valence-corrected chi connectivity index (χ0v) is 18.0. The summed E-state index contributed by atoms with van der Waals surface area (Å²) in [5.74, 6) is 3.03. The molecule has 1 aromatic heterocycles. The molecule has 0 saturated carbocycles. The number of carbonyl (C=O) groups is 1. The van der Waals surface area contributed by atoms with Crippen molar-refractivity contribution < 1.29 is 19.4 Å². The van der Waals surface area contributed by atoms with Gasteiger partial charge in [0.1, 0.15) is 0 Å². The van der Waals surface area contributed by atoms with Crippen molar-refractivity contribution in [3.8, 4) is 11.5 Å². The van der Waals surface area contributed by atoms with Gasteiger partial charge in [-0.05, 0) is 30.3 Å². The molecule has 0 spiro atoms. The van der Waals surface area contributed by atoms with Crippen molar-refractivity contribution in [1.82, 2.24) is 20.0 Å². The van der Waals surface area contributed by atoms with Gasteiger partial charge in [-0.15, -0.1) is 10.2 Å². The second-order valence-corrected chi connectivity index (χ2v) is 8.15. The molecular weight excluding hydrogens is 412 g/mol. The normalized spacial score (nSPS) is 18.8. The van der Waals surface area contributed by atoms with Crippen molar-refractivity contribution in [3.05, 3.63) is 35.9 Å². The van der Waals surface area contributed by atoms with E-state index in [1.165, 1.54) is 0 Å². The third-order valence-corrected chi connectivity index (χ3v) is 6.26. The smallest absolute Gasteiger partial charge is 0.254 e. The van der Waals surface area contributed by atoms with Crippen molar-refractivity contribution in [2.45, 2.75) is 0 Å². The maximum Gasteiger partial charge on any atom is 0.254 e. The molecule has 5 rings (SSSR count). The lowest BCUT2D eigenvalue weighted by molar-refractivity contribution is 0.0746. The van der Waals surface area contributed by atoms with Crippen LogP contribution >= 0.6 is 0 Å². The van der Waals surface area contributed by atoms with Crippen LogP contribution in [-0.4, -0.2) is 103 Å². The predicted octanol–water partition coefficient (Wildman–Crippen LogP) is 0.282. The average Bonchev–Trinajstić information content (AvgIpc) is 3.33. The van der Waals surface area contributed by atoms with Gasteiger partial charge >= 0.3 is 0 Å². The Bertz CT molecular complexity index is 940. The van der Waals surface area contributed by atoms with E-state index in [1.807, 2.05) is 17.0 Å². The van der Waals surface area contributed by atoms with E-state index < -0.39 is 0 Å². The number of hydrogen-bond donors (Lipinski definition) is 1. The first-order valence-corrected chi connectivity index (χ1v) is 11.1. The van der Waals surface area contributed by atoms with Crippen LogP contribution in [0, 0.1) is 0 Å². The second kappa shape index (κ2) is 9.17. The molecule has 10 nitrogen and oxygen atoms in total. The summed E-state index contributed by atoms with van der Waals surface area (Å²) in [6.45, 7) is 7.41. The zero-order valence-electron chi connectivity index (χ0n) is 18.0. The Morgan fingerprint density at radius 1 is 0.844 bits per heavy atom. The third kappa shape index (κ3) is 4.28. The summed E-state index contributed by atoms with van der Waals surface area (Å²) >= 11 is 0. The second-order valence-electron chi connectivity index (χ2n) is 8.15. The van der Waals surface area contributed by atoms with Gasteiger partial charge in [0.2, 0.25) is 6.79 Å². The van der Waals surface area contributed by atoms with Crippen LogP contribution < -0.4 is 19.3 Å². The first-order valence-electron chi connectivity index (χ1n) is 11.1. The van der Waals surface area contributed by atoms with Crippen LogP contribution in [0.2, 0.25) is 0 Å². The predicted molar refractivity (Wildman–Crippen MR) is 118 cm³/mol. The molecule has 0 atom stereocenters. The monoisotopic (exact) mass is 440 g/mol. The quantitative estimate of drug-likeness (QED) is 0.704. The highest BCUT2D eigenvalue weighted by atomic mass is 16.7. The molecule has 10 heteroatoms. The Morgan fingerprint density at radius 3 is 2.09 bits per heavy atom. The fraction of sp³-hybridized carbons (Fsp3) is 0.500. The van der Waals surface area contributed by atoms with Crippen LogP contribution in [-0.2, 0) is 0 Å². The fourth-order valence-corrected chi connectivity index (χ4v) is 4.35. The largest absolute Gasteiger partial charge is 0.454 e. The number of aliphatic hydroxyl groups excluding tert-OH is 1. The first kappa shape index (κ1) is 20.8. The highest BCUT2D eigenvalue weighted by molar-refractivity contribution is 5.95. The van der Waals surface area contributed by atoms with E-state index in [4.69, 9.17) is 14.6 Å². The standard InChI is InChI=1S/C22H28N6O4/c29-14-13-25-5-7-26(8-6-25)20-3-4-21(24-23-20)27-9-11-28(12-10-27)22(30)17-1-2-18-19(15-17)32-16-31-18/h1-4,15,29H,5-14,16H2. The Balaban J connectivity index is 1.15. The molecule has 1 amide bonds. The number of aliphatic hydroxyl groups is 1. The van der Waals surface area contributed by atoms with Gasteiger partial charge in [0, 0.05) is 64.5 Å². The summed E-state index contributed by atoms with van der Waals surface area (Å²) in [6, 6.07) is 9.36. The van der Waals surface area contributed by atoms with Crippen LogP contribution in [0.4, 0.5) is 11.6 Å². The number of rotatable bonds is 5. The van der Waals surface area contributed by atoms with Crippen molar-refractivity contribution in [3.63, 3.8) is 0 Å². The Hall–Kier alpha value is -3.11. The molecule has 1 aromatic carbocycles. The SMILES string of the molecule is O=C(c1ccc2c(c1)OCO2)N1CCN(c2ccc(N3CCN(CCO)CC3)nn2)CC1. The Labute approximate surface area is 186 Å². The van der Waals surface area contributed by atoms with E-state index in [0.717, 1.165) is 44.4 Å². The molecule has 32 heavy (non-hydrogen) atoms. The minimum absolute atomic E-state index is 0.00437. The minimum atomic E-state index is 0.00437. The molecular formula is C22H28N6O4. The molecule has 0 unspecified atom stereocenters. The molecule has 1 N–H and O–H groups in total. The fourth-order valence-electron chi connectivity index (χ4n) is 4.35. The van der Waals surface area contributed by atoms with E-state index >= 15 is 0 Å². The van der Waals surface area contributed by atoms with Gasteiger partial charge in [-0.1, -0.05) is 0 Å². The number of anilines is 2. The van der Waals surface area contributed by atoms with Crippen LogP contribution in [0.15, 0.2) is 30.3 Å². The van der Waals surface area contributed by atoms with Crippen molar-refractivity contribution in [1.29, 1.82) is 0 Å². The van der Waals surface area contributed by atoms with Gasteiger partial charge in [0.25, 0.3) is 5.91 Å². The lowest BCUT2D eigenvalue weighted by Gasteiger charge is -2.36. The molecule has 3 aliphatic heterocycles. The van der Waals surface area contributed by atoms with Gasteiger partial charge < -0.3 is 29.3 Å². The van der Waals surface area contributed by atoms with Crippen LogP contribution in [0.25, 0.3) is 0 Å². The number of amides is 1. The molecule has 0 aliphatic carbocycles. The van der Waals surface area contributed by atoms with E-state index in [-0.39, 0.29) is 19.3 Å². The summed E-state index contributed by atoms with van der Waals surface area (Å²) in [4.78, 5) is 21.4. The van der Waals surface area contributed by atoms with E-state index in [9.17, 15) is 4.79 Å². The lowest BCUT2D eigenvalue weighted by atomic mass is 10.1. The summed E-state index contributed by atoms with van der Waals surface area (Å²) < 4.78 is 10.7. The maximum absolute atomic E-state index is 12.9. The number of β-amino-alcohol motifs (C(OH)–C–C–N with tert-alkyl or cyclic N) is 1. The molecule has 4 heterocycles. The Morgan fingerprint density at radius 2 is 1.47 bits per heavy atom. The number of hydrogen-bond acceptors (Lipinski definition) is 9. The van der Waals surface area contributed by atoms with Gasteiger partial charge in [0.05, 0.1) is 6.61 Å². The number of ether oxygens (including phenoxy) is 2. The number of nitrogens with zero attached hydrogens (tertiary/aromatic N) is 6. The average molecular weight is 441 g/mol. The summed E-state index contributed by atoms with van der Waals surface area (Å²) in [6.07, 6.45) is 0. The van der Waals surface area contributed by atoms with E-state index in [2.05, 4.69) is 24.9 Å². The number of carbonyl (C=O) groups excluding carboxylic acids is 1. The van der Waals surface area contributed by atoms with Crippen LogP contribution in [0.3, 0.4) is 0 Å². The number of benzene rings is 1. The molecule has 2 aromatic rings. The molecule has 0 radical (unpaired) electrons. The highest BCUT2D eigenvalue weighted by Crippen LogP contribution is 2.33. The number of fused-ring (bicyclic) bond motifs is 1. The van der Waals surface area contributed by atoms with Crippen LogP contribution in [0.5, 0.6) is 11.5 Å². The first-order chi connectivity index (χ1) is 15.7. The van der Waals surface area contributed by atoms with E-state index in [0.29, 0.717) is 43.2 Å². The summed E-state index contributed by atoms with van der Waals surface area (Å²) in [5.41, 5.74) is 0.617. The zero-order chi connectivity index (χ0) is 21.9. The van der Waals surface area contributed by atoms with Gasteiger partial charge in [0.15, 0.2) is 23.1 Å². The minimum Gasteiger partial charge on any atom is -0.454 e. The maximum atomic E-state index is 12.9. The van der Waals surface area contributed by atoms with Crippen LogP contribution in [0.1, 0.15) is 10.4 Å². The van der Waals surface area contributed by atoms with E-state index in [1.54, 1.807) is 18.2 Å². The topological polar surface area (TPSA) is 94.5 Å². The molecule has 2 fully saturated rings. The highest BCUT2D eigenvalue weighted by Gasteiger charge is 2.25. The van der Waals surface area contributed by atoms with Gasteiger partial charge in [-0.3, -0.25) is 9.69 Å². The molecule has 2 saturated heterocycles. The molecule has 170 valence electrons. The molecule has 0 bridgehead atoms. The Kier molecular flexibility index (Phi) is 5.95. The van der Waals surface area contributed by atoms with Crippen molar-refractivity contribution >= 4 is 17.5 Å². The molecule has 3 aliphatic rings.